The maximum absolute atomic E-state index is 5.30. The molecule has 3 aromatic rings. The summed E-state index contributed by atoms with van der Waals surface area (Å²) in [5, 5.41) is 7.41. The fraction of sp³-hybridized carbons (Fsp3) is 0.471. The van der Waals surface area contributed by atoms with E-state index in [-0.39, 0.29) is 0 Å². The summed E-state index contributed by atoms with van der Waals surface area (Å²) >= 11 is 0. The second-order valence-electron chi connectivity index (χ2n) is 6.29. The largest absolute Gasteiger partial charge is 0.361 e. The summed E-state index contributed by atoms with van der Waals surface area (Å²) in [6.07, 6.45) is 4.48. The number of hydrogen-bond acceptors (Lipinski definition) is 5. The van der Waals surface area contributed by atoms with Crippen molar-refractivity contribution in [1.29, 1.82) is 0 Å². The third-order valence-electron chi connectivity index (χ3n) is 4.40. The van der Waals surface area contributed by atoms with Gasteiger partial charge in [-0.3, -0.25) is 0 Å². The smallest absolute Gasteiger partial charge is 0.205 e. The molecule has 1 N–H and O–H groups in total. The van der Waals surface area contributed by atoms with Gasteiger partial charge in [0.1, 0.15) is 5.76 Å². The Bertz CT molecular complexity index is 840. The van der Waals surface area contributed by atoms with Gasteiger partial charge in [0.05, 0.1) is 11.2 Å². The summed E-state index contributed by atoms with van der Waals surface area (Å²) in [5.74, 6) is 2.51. The molecule has 0 aliphatic heterocycles. The molecule has 0 saturated heterocycles. The van der Waals surface area contributed by atoms with E-state index in [1.807, 2.05) is 20.0 Å². The summed E-state index contributed by atoms with van der Waals surface area (Å²) in [4.78, 5) is 9.22. The molecule has 1 aliphatic rings. The zero-order valence-electron chi connectivity index (χ0n) is 13.8. The molecule has 0 radical (unpaired) electrons. The molecular weight excluding hydrogens is 290 g/mol. The van der Waals surface area contributed by atoms with E-state index in [9.17, 15) is 0 Å². The minimum Gasteiger partial charge on any atom is -0.361 e. The third-order valence-corrected chi connectivity index (χ3v) is 4.40. The van der Waals surface area contributed by atoms with Gasteiger partial charge in [0.25, 0.3) is 0 Å². The molecule has 120 valence electrons. The Balaban J connectivity index is 1.86. The first kappa shape index (κ1) is 14.2. The number of anilines is 1. The second kappa shape index (κ2) is 5.37. The molecular formula is C17H21N5O. The van der Waals surface area contributed by atoms with Crippen LogP contribution in [0.25, 0.3) is 22.3 Å². The van der Waals surface area contributed by atoms with E-state index in [4.69, 9.17) is 4.52 Å². The van der Waals surface area contributed by atoms with Crippen molar-refractivity contribution in [1.82, 2.24) is 19.7 Å². The van der Waals surface area contributed by atoms with Crippen molar-refractivity contribution in [2.24, 2.45) is 5.92 Å². The molecule has 0 spiro atoms. The van der Waals surface area contributed by atoms with Crippen LogP contribution in [-0.4, -0.2) is 26.2 Å². The normalized spacial score (nSPS) is 14.6. The molecule has 0 aromatic carbocycles. The number of nitrogens with zero attached hydrogens (tertiary/aromatic N) is 4. The van der Waals surface area contributed by atoms with Crippen LogP contribution in [0.5, 0.6) is 0 Å². The van der Waals surface area contributed by atoms with Crippen molar-refractivity contribution in [2.45, 2.75) is 40.2 Å². The molecule has 4 rings (SSSR count). The first-order valence-corrected chi connectivity index (χ1v) is 8.20. The van der Waals surface area contributed by atoms with E-state index in [2.05, 4.69) is 38.0 Å². The first-order valence-electron chi connectivity index (χ1n) is 8.20. The summed E-state index contributed by atoms with van der Waals surface area (Å²) in [5.41, 5.74) is 4.82. The Morgan fingerprint density at radius 2 is 2.17 bits per heavy atom. The Morgan fingerprint density at radius 3 is 2.83 bits per heavy atom. The molecule has 6 heteroatoms. The number of pyridine rings is 1. The monoisotopic (exact) mass is 311 g/mol. The number of aryl methyl sites for hydroxylation is 2. The summed E-state index contributed by atoms with van der Waals surface area (Å²) in [7, 11) is 0. The molecule has 0 amide bonds. The van der Waals surface area contributed by atoms with Crippen molar-refractivity contribution in [3.05, 3.63) is 23.7 Å². The lowest BCUT2D eigenvalue weighted by atomic mass is 10.1. The number of fused-ring (bicyclic) bond motifs is 1. The lowest BCUT2D eigenvalue weighted by Crippen LogP contribution is -2.08. The summed E-state index contributed by atoms with van der Waals surface area (Å²) < 4.78 is 7.57. The van der Waals surface area contributed by atoms with Crippen LogP contribution in [0.2, 0.25) is 0 Å². The van der Waals surface area contributed by atoms with Crippen LogP contribution in [0.3, 0.4) is 0 Å². The highest BCUT2D eigenvalue weighted by Gasteiger charge is 2.25. The molecule has 3 aromatic heterocycles. The lowest BCUT2D eigenvalue weighted by Gasteiger charge is -2.09. The highest BCUT2D eigenvalue weighted by molar-refractivity contribution is 5.81. The predicted molar refractivity (Wildman–Crippen MR) is 89.4 cm³/mol. The fourth-order valence-corrected chi connectivity index (χ4v) is 3.07. The number of imidazole rings is 1. The van der Waals surface area contributed by atoms with Gasteiger partial charge < -0.3 is 14.4 Å². The quantitative estimate of drug-likeness (QED) is 0.780. The topological polar surface area (TPSA) is 68.8 Å². The van der Waals surface area contributed by atoms with E-state index in [0.717, 1.165) is 58.7 Å². The van der Waals surface area contributed by atoms with E-state index in [0.29, 0.717) is 0 Å². The molecule has 0 atom stereocenters. The van der Waals surface area contributed by atoms with Gasteiger partial charge in [0.15, 0.2) is 5.65 Å². The average Bonchev–Trinajstić information content (AvgIpc) is 3.21. The second-order valence-corrected chi connectivity index (χ2v) is 6.29. The van der Waals surface area contributed by atoms with E-state index in [1.54, 1.807) is 0 Å². The van der Waals surface area contributed by atoms with Crippen molar-refractivity contribution < 1.29 is 4.52 Å². The number of hydrogen-bond donors (Lipinski definition) is 1. The number of rotatable bonds is 5. The van der Waals surface area contributed by atoms with Gasteiger partial charge in [-0.05, 0) is 45.6 Å². The molecule has 3 heterocycles. The Hall–Kier alpha value is -2.37. The SMILES string of the molecule is CCNc1nc2ncc(-c3c(C)noc3C)cc2n1CC1CC1. The molecule has 0 unspecified atom stereocenters. The van der Waals surface area contributed by atoms with E-state index in [1.165, 1.54) is 12.8 Å². The predicted octanol–water partition coefficient (Wildman–Crippen LogP) is 3.54. The van der Waals surface area contributed by atoms with Gasteiger partial charge in [-0.1, -0.05) is 5.16 Å². The Labute approximate surface area is 134 Å². The lowest BCUT2D eigenvalue weighted by molar-refractivity contribution is 0.393. The average molecular weight is 311 g/mol. The Morgan fingerprint density at radius 1 is 1.35 bits per heavy atom. The van der Waals surface area contributed by atoms with Gasteiger partial charge >= 0.3 is 0 Å². The van der Waals surface area contributed by atoms with Crippen LogP contribution >= 0.6 is 0 Å². The van der Waals surface area contributed by atoms with Crippen LogP contribution in [0.1, 0.15) is 31.2 Å². The fourth-order valence-electron chi connectivity index (χ4n) is 3.07. The minimum absolute atomic E-state index is 0.771. The van der Waals surface area contributed by atoms with Gasteiger partial charge in [0.2, 0.25) is 5.95 Å². The molecule has 1 fully saturated rings. The highest BCUT2D eigenvalue weighted by Crippen LogP contribution is 2.34. The van der Waals surface area contributed by atoms with Crippen molar-refractivity contribution in [2.75, 3.05) is 11.9 Å². The van der Waals surface area contributed by atoms with Crippen molar-refractivity contribution >= 4 is 17.1 Å². The van der Waals surface area contributed by atoms with Crippen LogP contribution in [0.15, 0.2) is 16.8 Å². The zero-order valence-corrected chi connectivity index (χ0v) is 13.8. The molecule has 1 aliphatic carbocycles. The molecule has 23 heavy (non-hydrogen) atoms. The van der Waals surface area contributed by atoms with Gasteiger partial charge in [-0.15, -0.1) is 0 Å². The summed E-state index contributed by atoms with van der Waals surface area (Å²) in [6, 6.07) is 2.16. The van der Waals surface area contributed by atoms with Crippen LogP contribution in [0.4, 0.5) is 5.95 Å². The van der Waals surface area contributed by atoms with E-state index >= 15 is 0 Å². The van der Waals surface area contributed by atoms with Gasteiger partial charge in [0, 0.05) is 30.4 Å². The number of nitrogens with one attached hydrogen (secondary N) is 1. The van der Waals surface area contributed by atoms with Gasteiger partial charge in [-0.2, -0.15) is 4.98 Å². The van der Waals surface area contributed by atoms with Gasteiger partial charge in [-0.25, -0.2) is 4.98 Å². The molecule has 1 saturated carbocycles. The van der Waals surface area contributed by atoms with Crippen molar-refractivity contribution in [3.63, 3.8) is 0 Å². The number of aromatic nitrogens is 4. The van der Waals surface area contributed by atoms with Crippen LogP contribution < -0.4 is 5.32 Å². The maximum atomic E-state index is 5.30. The standard InChI is InChI=1S/C17H21N5O/c1-4-18-17-20-16-14(22(17)9-12-5-6-12)7-13(8-19-16)15-10(2)21-23-11(15)3/h7-8,12H,4-6,9H2,1-3H3,(H,18,19,20). The maximum Gasteiger partial charge on any atom is 0.205 e. The van der Waals surface area contributed by atoms with Crippen molar-refractivity contribution in [3.8, 4) is 11.1 Å². The Kier molecular flexibility index (Phi) is 3.32. The van der Waals surface area contributed by atoms with Crippen LogP contribution in [-0.2, 0) is 6.54 Å². The third kappa shape index (κ3) is 2.48. The molecule has 6 nitrogen and oxygen atoms in total. The molecule has 0 bridgehead atoms. The zero-order chi connectivity index (χ0) is 16.0. The highest BCUT2D eigenvalue weighted by atomic mass is 16.5. The minimum atomic E-state index is 0.771. The first-order chi connectivity index (χ1) is 11.2. The summed E-state index contributed by atoms with van der Waals surface area (Å²) in [6.45, 7) is 7.84. The van der Waals surface area contributed by atoms with Crippen LogP contribution in [0, 0.1) is 19.8 Å². The van der Waals surface area contributed by atoms with E-state index < -0.39 is 0 Å².